The van der Waals surface area contributed by atoms with Gasteiger partial charge in [0.2, 0.25) is 15.9 Å². The normalized spacial score (nSPS) is 14.8. The molecule has 6 N–H and O–H groups in total. The van der Waals surface area contributed by atoms with Gasteiger partial charge in [0.1, 0.15) is 0 Å². The number of carbonyl (C=O) groups is 1. The Bertz CT molecular complexity index is 611. The Kier molecular flexibility index (Phi) is 4.15. The van der Waals surface area contributed by atoms with Crippen LogP contribution in [0.3, 0.4) is 0 Å². The molecule has 0 aliphatic heterocycles. The second kappa shape index (κ2) is 5.68. The Morgan fingerprint density at radius 1 is 1.30 bits per heavy atom. The van der Waals surface area contributed by atoms with E-state index in [1.165, 1.54) is 12.1 Å². The van der Waals surface area contributed by atoms with Crippen LogP contribution in [0, 0.1) is 5.92 Å². The lowest BCUT2D eigenvalue weighted by atomic mass is 10.2. The third-order valence-electron chi connectivity index (χ3n) is 3.04. The topological polar surface area (TPSA) is 127 Å². The van der Waals surface area contributed by atoms with Crippen LogP contribution in [0.25, 0.3) is 0 Å². The Labute approximate surface area is 117 Å². The second-order valence-corrected chi connectivity index (χ2v) is 6.35. The molecule has 2 rings (SSSR count). The minimum Gasteiger partial charge on any atom is -0.397 e. The number of nitrogens with two attached hydrogens (primary N) is 2. The van der Waals surface area contributed by atoms with Gasteiger partial charge < -0.3 is 16.4 Å². The minimum absolute atomic E-state index is 0.0254. The van der Waals surface area contributed by atoms with Crippen molar-refractivity contribution in [1.82, 2.24) is 5.32 Å². The zero-order valence-corrected chi connectivity index (χ0v) is 11.7. The second-order valence-electron chi connectivity index (χ2n) is 4.79. The largest absolute Gasteiger partial charge is 0.397 e. The molecule has 110 valence electrons. The van der Waals surface area contributed by atoms with Crippen molar-refractivity contribution in [2.45, 2.75) is 17.7 Å². The molecule has 0 spiro atoms. The number of rotatable bonds is 6. The van der Waals surface area contributed by atoms with Crippen LogP contribution >= 0.6 is 0 Å². The minimum atomic E-state index is -3.75. The fourth-order valence-electron chi connectivity index (χ4n) is 1.75. The maximum atomic E-state index is 11.4. The molecule has 1 aromatic carbocycles. The molecule has 1 fully saturated rings. The van der Waals surface area contributed by atoms with Gasteiger partial charge in [-0.05, 0) is 31.0 Å². The molecular weight excluding hydrogens is 280 g/mol. The molecule has 0 radical (unpaired) electrons. The molecule has 1 saturated carbocycles. The summed E-state index contributed by atoms with van der Waals surface area (Å²) >= 11 is 0. The maximum Gasteiger partial charge on any atom is 0.238 e. The van der Waals surface area contributed by atoms with Crippen LogP contribution in [-0.2, 0) is 14.8 Å². The van der Waals surface area contributed by atoms with E-state index in [0.29, 0.717) is 24.5 Å². The Morgan fingerprint density at radius 3 is 2.55 bits per heavy atom. The van der Waals surface area contributed by atoms with Gasteiger partial charge in [0, 0.05) is 19.0 Å². The summed E-state index contributed by atoms with van der Waals surface area (Å²) in [7, 11) is -3.75. The SMILES string of the molecule is Nc1cc(S(N)(=O)=O)ccc1NCCNC(=O)C1CC1. The first-order chi connectivity index (χ1) is 9.38. The van der Waals surface area contributed by atoms with Gasteiger partial charge in [-0.15, -0.1) is 0 Å². The zero-order valence-electron chi connectivity index (χ0n) is 10.9. The van der Waals surface area contributed by atoms with E-state index in [4.69, 9.17) is 10.9 Å². The first-order valence-electron chi connectivity index (χ1n) is 6.32. The van der Waals surface area contributed by atoms with Gasteiger partial charge in [0.25, 0.3) is 0 Å². The summed E-state index contributed by atoms with van der Waals surface area (Å²) in [5.41, 5.74) is 6.65. The fraction of sp³-hybridized carbons (Fsp3) is 0.417. The number of hydrogen-bond donors (Lipinski definition) is 4. The number of sulfonamides is 1. The molecule has 0 unspecified atom stereocenters. The molecule has 1 amide bonds. The molecule has 0 bridgehead atoms. The molecule has 0 heterocycles. The van der Waals surface area contributed by atoms with Crippen LogP contribution in [0.2, 0.25) is 0 Å². The molecule has 8 heteroatoms. The fourth-order valence-corrected chi connectivity index (χ4v) is 2.30. The quantitative estimate of drug-likeness (QED) is 0.429. The van der Waals surface area contributed by atoms with E-state index in [9.17, 15) is 13.2 Å². The van der Waals surface area contributed by atoms with Gasteiger partial charge in [-0.1, -0.05) is 0 Å². The monoisotopic (exact) mass is 298 g/mol. The van der Waals surface area contributed by atoms with E-state index >= 15 is 0 Å². The highest BCUT2D eigenvalue weighted by atomic mass is 32.2. The molecule has 1 aliphatic carbocycles. The van der Waals surface area contributed by atoms with Crippen LogP contribution in [0.15, 0.2) is 23.1 Å². The van der Waals surface area contributed by atoms with Crippen molar-refractivity contribution >= 4 is 27.3 Å². The van der Waals surface area contributed by atoms with Crippen LogP contribution in [0.4, 0.5) is 11.4 Å². The number of hydrogen-bond acceptors (Lipinski definition) is 5. The molecule has 1 aromatic rings. The first-order valence-corrected chi connectivity index (χ1v) is 7.86. The van der Waals surface area contributed by atoms with Gasteiger partial charge in [-0.3, -0.25) is 4.79 Å². The van der Waals surface area contributed by atoms with E-state index in [1.807, 2.05) is 0 Å². The van der Waals surface area contributed by atoms with Gasteiger partial charge in [0.05, 0.1) is 16.3 Å². The third kappa shape index (κ3) is 3.84. The summed E-state index contributed by atoms with van der Waals surface area (Å²) in [6, 6.07) is 4.25. The van der Waals surface area contributed by atoms with Crippen molar-refractivity contribution in [2.24, 2.45) is 11.1 Å². The Balaban J connectivity index is 1.85. The summed E-state index contributed by atoms with van der Waals surface area (Å²) in [6.07, 6.45) is 1.95. The lowest BCUT2D eigenvalue weighted by Crippen LogP contribution is -2.29. The lowest BCUT2D eigenvalue weighted by molar-refractivity contribution is -0.122. The smallest absolute Gasteiger partial charge is 0.238 e. The summed E-state index contributed by atoms with van der Waals surface area (Å²) in [5.74, 6) is 0.276. The third-order valence-corrected chi connectivity index (χ3v) is 3.95. The number of amides is 1. The average molecular weight is 298 g/mol. The summed E-state index contributed by atoms with van der Waals surface area (Å²) in [6.45, 7) is 1.00. The van der Waals surface area contributed by atoms with E-state index in [1.54, 1.807) is 6.07 Å². The molecule has 0 atom stereocenters. The van der Waals surface area contributed by atoms with E-state index in [2.05, 4.69) is 10.6 Å². The van der Waals surface area contributed by atoms with E-state index < -0.39 is 10.0 Å². The van der Waals surface area contributed by atoms with Crippen molar-refractivity contribution in [3.8, 4) is 0 Å². The predicted octanol–water partition coefficient (Wildman–Crippen LogP) is -0.146. The van der Waals surface area contributed by atoms with Crippen molar-refractivity contribution in [3.05, 3.63) is 18.2 Å². The van der Waals surface area contributed by atoms with Gasteiger partial charge in [-0.2, -0.15) is 0 Å². The average Bonchev–Trinajstić information content (AvgIpc) is 3.18. The molecule has 0 saturated heterocycles. The highest BCUT2D eigenvalue weighted by Crippen LogP contribution is 2.28. The summed E-state index contributed by atoms with van der Waals surface area (Å²) in [5, 5.41) is 10.9. The first kappa shape index (κ1) is 14.6. The lowest BCUT2D eigenvalue weighted by Gasteiger charge is -2.11. The van der Waals surface area contributed by atoms with Gasteiger partial charge >= 0.3 is 0 Å². The Hall–Kier alpha value is -1.80. The predicted molar refractivity (Wildman–Crippen MR) is 76.5 cm³/mol. The van der Waals surface area contributed by atoms with Crippen molar-refractivity contribution in [3.63, 3.8) is 0 Å². The van der Waals surface area contributed by atoms with Crippen LogP contribution in [-0.4, -0.2) is 27.4 Å². The van der Waals surface area contributed by atoms with Gasteiger partial charge in [0.15, 0.2) is 0 Å². The number of anilines is 2. The number of carbonyl (C=O) groups excluding carboxylic acids is 1. The van der Waals surface area contributed by atoms with Crippen molar-refractivity contribution in [1.29, 1.82) is 0 Å². The van der Waals surface area contributed by atoms with Crippen molar-refractivity contribution in [2.75, 3.05) is 24.1 Å². The van der Waals surface area contributed by atoms with E-state index in [0.717, 1.165) is 12.8 Å². The van der Waals surface area contributed by atoms with Crippen LogP contribution in [0.1, 0.15) is 12.8 Å². The number of benzene rings is 1. The van der Waals surface area contributed by atoms with E-state index in [-0.39, 0.29) is 16.7 Å². The zero-order chi connectivity index (χ0) is 14.8. The standard InChI is InChI=1S/C12H18N4O3S/c13-10-7-9(20(14,18)19)3-4-11(10)15-5-6-16-12(17)8-1-2-8/h3-4,7-8,15H,1-2,5-6,13H2,(H,16,17)(H2,14,18,19). The molecular formula is C12H18N4O3S. The van der Waals surface area contributed by atoms with Crippen LogP contribution in [0.5, 0.6) is 0 Å². The highest BCUT2D eigenvalue weighted by molar-refractivity contribution is 7.89. The molecule has 20 heavy (non-hydrogen) atoms. The highest BCUT2D eigenvalue weighted by Gasteiger charge is 2.28. The number of nitrogens with one attached hydrogen (secondary N) is 2. The van der Waals surface area contributed by atoms with Crippen molar-refractivity contribution < 1.29 is 13.2 Å². The number of primary sulfonamides is 1. The number of nitrogen functional groups attached to an aromatic ring is 1. The summed E-state index contributed by atoms with van der Waals surface area (Å²) in [4.78, 5) is 11.4. The Morgan fingerprint density at radius 2 is 2.00 bits per heavy atom. The van der Waals surface area contributed by atoms with Gasteiger partial charge in [-0.25, -0.2) is 13.6 Å². The maximum absolute atomic E-state index is 11.4. The molecule has 7 nitrogen and oxygen atoms in total. The van der Waals surface area contributed by atoms with Crippen LogP contribution < -0.4 is 21.5 Å². The molecule has 1 aliphatic rings. The summed E-state index contributed by atoms with van der Waals surface area (Å²) < 4.78 is 22.3. The molecule has 0 aromatic heterocycles.